The molecule has 1 amide bonds. The van der Waals surface area contributed by atoms with Crippen molar-refractivity contribution in [1.29, 1.82) is 0 Å². The van der Waals surface area contributed by atoms with Crippen molar-refractivity contribution < 1.29 is 9.53 Å². The van der Waals surface area contributed by atoms with Gasteiger partial charge in [0, 0.05) is 25.1 Å². The summed E-state index contributed by atoms with van der Waals surface area (Å²) in [6.07, 6.45) is 0.808. The lowest BCUT2D eigenvalue weighted by atomic mass is 10.2. The summed E-state index contributed by atoms with van der Waals surface area (Å²) in [6.45, 7) is 8.10. The Kier molecular flexibility index (Phi) is 6.97. The van der Waals surface area contributed by atoms with E-state index >= 15 is 0 Å². The zero-order valence-electron chi connectivity index (χ0n) is 11.8. The summed E-state index contributed by atoms with van der Waals surface area (Å²) in [4.78, 5) is 16.0. The molecule has 0 bridgehead atoms. The van der Waals surface area contributed by atoms with E-state index in [2.05, 4.69) is 24.1 Å². The van der Waals surface area contributed by atoms with Gasteiger partial charge in [-0.25, -0.2) is 4.98 Å². The van der Waals surface area contributed by atoms with Crippen LogP contribution in [0.5, 0.6) is 0 Å². The van der Waals surface area contributed by atoms with Crippen LogP contribution in [-0.2, 0) is 4.74 Å². The summed E-state index contributed by atoms with van der Waals surface area (Å²) in [5, 5.41) is 5.35. The third kappa shape index (κ3) is 6.13. The summed E-state index contributed by atoms with van der Waals surface area (Å²) < 4.78 is 5.44. The first-order valence-electron chi connectivity index (χ1n) is 6.57. The van der Waals surface area contributed by atoms with Crippen LogP contribution in [0.1, 0.15) is 48.7 Å². The molecule has 0 saturated heterocycles. The first kappa shape index (κ1) is 16.1. The minimum Gasteiger partial charge on any atom is -0.381 e. The molecule has 0 radical (unpaired) electrons. The number of amides is 1. The summed E-state index contributed by atoms with van der Waals surface area (Å²) >= 11 is 1.41. The van der Waals surface area contributed by atoms with Crippen molar-refractivity contribution in [2.45, 2.75) is 33.2 Å². The van der Waals surface area contributed by atoms with Crippen molar-refractivity contribution in [1.82, 2.24) is 10.3 Å². The first-order valence-corrected chi connectivity index (χ1v) is 7.45. The van der Waals surface area contributed by atoms with Gasteiger partial charge in [-0.3, -0.25) is 4.79 Å². The maximum absolute atomic E-state index is 11.8. The Morgan fingerprint density at radius 3 is 2.84 bits per heavy atom. The van der Waals surface area contributed by atoms with Gasteiger partial charge in [-0.2, -0.15) is 0 Å². The predicted molar refractivity (Wildman–Crippen MR) is 77.3 cm³/mol. The fourth-order valence-electron chi connectivity index (χ4n) is 1.39. The van der Waals surface area contributed by atoms with E-state index < -0.39 is 0 Å². The molecule has 0 saturated carbocycles. The molecule has 1 aromatic heterocycles. The van der Waals surface area contributed by atoms with Crippen molar-refractivity contribution in [3.8, 4) is 0 Å². The van der Waals surface area contributed by atoms with Crippen molar-refractivity contribution in [2.75, 3.05) is 19.8 Å². The molecule has 3 N–H and O–H groups in total. The molecule has 0 aliphatic carbocycles. The van der Waals surface area contributed by atoms with E-state index in [-0.39, 0.29) is 11.9 Å². The van der Waals surface area contributed by atoms with E-state index in [9.17, 15) is 4.79 Å². The fraction of sp³-hybridized carbons (Fsp3) is 0.692. The summed E-state index contributed by atoms with van der Waals surface area (Å²) in [5.74, 6) is 0.397. The number of ether oxygens (including phenoxy) is 1. The van der Waals surface area contributed by atoms with Crippen molar-refractivity contribution >= 4 is 17.2 Å². The van der Waals surface area contributed by atoms with E-state index in [1.165, 1.54) is 11.3 Å². The molecule has 1 heterocycles. The van der Waals surface area contributed by atoms with E-state index in [1.54, 1.807) is 5.38 Å². The lowest BCUT2D eigenvalue weighted by molar-refractivity contribution is 0.0921. The molecule has 0 aliphatic rings. The molecule has 0 aromatic carbocycles. The standard InChI is InChI=1S/C13H23N3O2S/c1-9(2)7-18-6-4-5-15-12(17)11-8-19-13(16-11)10(3)14/h8-10H,4-7,14H2,1-3H3,(H,15,17). The van der Waals surface area contributed by atoms with Gasteiger partial charge < -0.3 is 15.8 Å². The van der Waals surface area contributed by atoms with Crippen LogP contribution in [-0.4, -0.2) is 30.6 Å². The van der Waals surface area contributed by atoms with Crippen molar-refractivity contribution in [3.05, 3.63) is 16.1 Å². The van der Waals surface area contributed by atoms with Gasteiger partial charge >= 0.3 is 0 Å². The Morgan fingerprint density at radius 2 is 2.26 bits per heavy atom. The van der Waals surface area contributed by atoms with Gasteiger partial charge in [0.05, 0.1) is 6.04 Å². The zero-order chi connectivity index (χ0) is 14.3. The average molecular weight is 285 g/mol. The number of nitrogens with two attached hydrogens (primary N) is 1. The lowest BCUT2D eigenvalue weighted by Gasteiger charge is -2.07. The highest BCUT2D eigenvalue weighted by Crippen LogP contribution is 2.15. The highest BCUT2D eigenvalue weighted by Gasteiger charge is 2.11. The van der Waals surface area contributed by atoms with Gasteiger partial charge in [0.25, 0.3) is 5.91 Å². The monoisotopic (exact) mass is 285 g/mol. The van der Waals surface area contributed by atoms with Gasteiger partial charge in [-0.1, -0.05) is 13.8 Å². The average Bonchev–Trinajstić information content (AvgIpc) is 2.82. The smallest absolute Gasteiger partial charge is 0.270 e. The Labute approximate surface area is 118 Å². The Hall–Kier alpha value is -0.980. The van der Waals surface area contributed by atoms with Crippen LogP contribution in [0.15, 0.2) is 5.38 Å². The predicted octanol–water partition coefficient (Wildman–Crippen LogP) is 1.96. The van der Waals surface area contributed by atoms with Crippen LogP contribution in [0, 0.1) is 5.92 Å². The first-order chi connectivity index (χ1) is 9.00. The number of hydrogen-bond acceptors (Lipinski definition) is 5. The molecule has 1 aromatic rings. The van der Waals surface area contributed by atoms with Crippen LogP contribution in [0.3, 0.4) is 0 Å². The second-order valence-corrected chi connectivity index (χ2v) is 5.83. The van der Waals surface area contributed by atoms with Crippen molar-refractivity contribution in [2.24, 2.45) is 11.7 Å². The molecule has 5 nitrogen and oxygen atoms in total. The molecule has 1 rings (SSSR count). The SMILES string of the molecule is CC(C)COCCCNC(=O)c1csc(C(C)N)n1. The molecule has 0 spiro atoms. The molecular formula is C13H23N3O2S. The highest BCUT2D eigenvalue weighted by molar-refractivity contribution is 7.09. The summed E-state index contributed by atoms with van der Waals surface area (Å²) in [6, 6.07) is -0.129. The molecule has 1 unspecified atom stereocenters. The molecule has 0 fully saturated rings. The number of hydrogen-bond donors (Lipinski definition) is 2. The Bertz CT molecular complexity index is 391. The molecule has 108 valence electrons. The molecular weight excluding hydrogens is 262 g/mol. The minimum absolute atomic E-state index is 0.129. The number of nitrogens with zero attached hydrogens (tertiary/aromatic N) is 1. The fourth-order valence-corrected chi connectivity index (χ4v) is 2.14. The van der Waals surface area contributed by atoms with Gasteiger partial charge in [0.15, 0.2) is 0 Å². The number of rotatable bonds is 8. The normalized spacial score (nSPS) is 12.7. The van der Waals surface area contributed by atoms with Gasteiger partial charge in [-0.15, -0.1) is 11.3 Å². The molecule has 0 aliphatic heterocycles. The van der Waals surface area contributed by atoms with Gasteiger partial charge in [-0.05, 0) is 19.3 Å². The van der Waals surface area contributed by atoms with Crippen LogP contribution in [0.4, 0.5) is 0 Å². The van der Waals surface area contributed by atoms with Crippen LogP contribution < -0.4 is 11.1 Å². The van der Waals surface area contributed by atoms with Gasteiger partial charge in [0.1, 0.15) is 10.7 Å². The Balaban J connectivity index is 2.20. The number of carbonyl (C=O) groups excluding carboxylic acids is 1. The number of carbonyl (C=O) groups is 1. The third-order valence-electron chi connectivity index (χ3n) is 2.35. The quantitative estimate of drug-likeness (QED) is 0.716. The summed E-state index contributed by atoms with van der Waals surface area (Å²) in [7, 11) is 0. The number of thiazole rings is 1. The van der Waals surface area contributed by atoms with Crippen LogP contribution in [0.25, 0.3) is 0 Å². The van der Waals surface area contributed by atoms with Crippen molar-refractivity contribution in [3.63, 3.8) is 0 Å². The number of nitrogens with one attached hydrogen (secondary N) is 1. The van der Waals surface area contributed by atoms with E-state index in [0.29, 0.717) is 24.8 Å². The molecule has 19 heavy (non-hydrogen) atoms. The molecule has 1 atom stereocenters. The van der Waals surface area contributed by atoms with E-state index in [4.69, 9.17) is 10.5 Å². The highest BCUT2D eigenvalue weighted by atomic mass is 32.1. The zero-order valence-corrected chi connectivity index (χ0v) is 12.6. The van der Waals surface area contributed by atoms with E-state index in [0.717, 1.165) is 18.0 Å². The topological polar surface area (TPSA) is 77.2 Å². The largest absolute Gasteiger partial charge is 0.381 e. The second-order valence-electron chi connectivity index (χ2n) is 4.94. The minimum atomic E-state index is -0.146. The van der Waals surface area contributed by atoms with Crippen LogP contribution in [0.2, 0.25) is 0 Å². The van der Waals surface area contributed by atoms with E-state index in [1.807, 2.05) is 6.92 Å². The third-order valence-corrected chi connectivity index (χ3v) is 3.39. The lowest BCUT2D eigenvalue weighted by Crippen LogP contribution is -2.25. The van der Waals surface area contributed by atoms with Gasteiger partial charge in [0.2, 0.25) is 0 Å². The van der Waals surface area contributed by atoms with Crippen LogP contribution >= 0.6 is 11.3 Å². The number of aromatic nitrogens is 1. The maximum Gasteiger partial charge on any atom is 0.270 e. The maximum atomic E-state index is 11.8. The Morgan fingerprint density at radius 1 is 1.53 bits per heavy atom. The molecule has 6 heteroatoms. The summed E-state index contributed by atoms with van der Waals surface area (Å²) in [5.41, 5.74) is 6.15. The second kappa shape index (κ2) is 8.24.